The monoisotopic (exact) mass is 305 g/mol. The van der Waals surface area contributed by atoms with Crippen LogP contribution >= 0.6 is 15.9 Å². The van der Waals surface area contributed by atoms with Crippen LogP contribution < -0.4 is 4.90 Å². The molecule has 0 unspecified atom stereocenters. The minimum absolute atomic E-state index is 0.930. The molecule has 0 aliphatic heterocycles. The quantitative estimate of drug-likeness (QED) is 0.868. The molecule has 0 aromatic carbocycles. The molecule has 3 nitrogen and oxygen atoms in total. The van der Waals surface area contributed by atoms with E-state index in [2.05, 4.69) is 56.9 Å². The normalized spacial score (nSPS) is 10.4. The molecule has 2 aromatic heterocycles. The second-order valence-corrected chi connectivity index (χ2v) is 5.18. The summed E-state index contributed by atoms with van der Waals surface area (Å²) in [7, 11) is 2.06. The molecule has 0 bridgehead atoms. The van der Waals surface area contributed by atoms with Gasteiger partial charge in [0, 0.05) is 36.7 Å². The maximum Gasteiger partial charge on any atom is 0.128 e. The molecule has 0 aliphatic rings. The molecule has 2 rings (SSSR count). The van der Waals surface area contributed by atoms with E-state index in [0.717, 1.165) is 23.3 Å². The van der Waals surface area contributed by atoms with Crippen LogP contribution in [-0.4, -0.2) is 23.6 Å². The maximum atomic E-state index is 4.41. The van der Waals surface area contributed by atoms with E-state index >= 15 is 0 Å². The highest BCUT2D eigenvalue weighted by Gasteiger charge is 2.04. The van der Waals surface area contributed by atoms with Gasteiger partial charge in [-0.15, -0.1) is 0 Å². The number of pyridine rings is 2. The Kier molecular flexibility index (Phi) is 4.31. The zero-order chi connectivity index (χ0) is 13.0. The standard InChI is InChI=1S/C14H16BrN3/c1-11-8-14(17-10-13(11)15)18(2)7-5-12-4-3-6-16-9-12/h3-4,6,8-10H,5,7H2,1-2H3. The Morgan fingerprint density at radius 3 is 2.83 bits per heavy atom. The van der Waals surface area contributed by atoms with E-state index in [9.17, 15) is 0 Å². The second kappa shape index (κ2) is 5.96. The van der Waals surface area contributed by atoms with Crippen molar-refractivity contribution in [2.24, 2.45) is 0 Å². The topological polar surface area (TPSA) is 29.0 Å². The summed E-state index contributed by atoms with van der Waals surface area (Å²) in [6, 6.07) is 6.16. The highest BCUT2D eigenvalue weighted by atomic mass is 79.9. The average Bonchev–Trinajstić information content (AvgIpc) is 2.40. The Bertz CT molecular complexity index is 514. The van der Waals surface area contributed by atoms with Gasteiger partial charge in [-0.05, 0) is 52.5 Å². The molecule has 0 amide bonds. The second-order valence-electron chi connectivity index (χ2n) is 4.32. The molecule has 0 atom stereocenters. The Balaban J connectivity index is 1.99. The number of aromatic nitrogens is 2. The van der Waals surface area contributed by atoms with Crippen LogP contribution in [0.15, 0.2) is 41.3 Å². The third kappa shape index (κ3) is 3.29. The number of anilines is 1. The summed E-state index contributed by atoms with van der Waals surface area (Å²) in [6.07, 6.45) is 6.54. The number of nitrogens with zero attached hydrogens (tertiary/aromatic N) is 3. The Hall–Kier alpha value is -1.42. The zero-order valence-corrected chi connectivity index (χ0v) is 12.2. The first-order valence-corrected chi connectivity index (χ1v) is 6.68. The lowest BCUT2D eigenvalue weighted by Gasteiger charge is -2.18. The molecule has 0 radical (unpaired) electrons. The van der Waals surface area contributed by atoms with Crippen LogP contribution in [-0.2, 0) is 6.42 Å². The van der Waals surface area contributed by atoms with Gasteiger partial charge in [-0.2, -0.15) is 0 Å². The van der Waals surface area contributed by atoms with Crippen LogP contribution in [0.2, 0.25) is 0 Å². The van der Waals surface area contributed by atoms with Crippen molar-refractivity contribution in [1.29, 1.82) is 0 Å². The van der Waals surface area contributed by atoms with E-state index in [1.54, 1.807) is 6.20 Å². The Morgan fingerprint density at radius 2 is 2.17 bits per heavy atom. The highest BCUT2D eigenvalue weighted by molar-refractivity contribution is 9.10. The van der Waals surface area contributed by atoms with E-state index in [4.69, 9.17) is 0 Å². The fourth-order valence-electron chi connectivity index (χ4n) is 1.69. The predicted molar refractivity (Wildman–Crippen MR) is 77.9 cm³/mol. The van der Waals surface area contributed by atoms with Crippen molar-refractivity contribution in [3.63, 3.8) is 0 Å². The molecule has 94 valence electrons. The van der Waals surface area contributed by atoms with Gasteiger partial charge < -0.3 is 4.90 Å². The molecule has 0 fully saturated rings. The van der Waals surface area contributed by atoms with Crippen LogP contribution in [0.5, 0.6) is 0 Å². The van der Waals surface area contributed by atoms with E-state index in [1.807, 2.05) is 18.5 Å². The van der Waals surface area contributed by atoms with Crippen LogP contribution in [0.1, 0.15) is 11.1 Å². The third-order valence-electron chi connectivity index (χ3n) is 2.88. The number of hydrogen-bond donors (Lipinski definition) is 0. The number of halogens is 1. The van der Waals surface area contributed by atoms with Gasteiger partial charge in [-0.1, -0.05) is 6.07 Å². The van der Waals surface area contributed by atoms with Gasteiger partial charge in [0.05, 0.1) is 0 Å². The molecular formula is C14H16BrN3. The summed E-state index contributed by atoms with van der Waals surface area (Å²) < 4.78 is 1.05. The van der Waals surface area contributed by atoms with Crippen molar-refractivity contribution >= 4 is 21.7 Å². The number of aryl methyl sites for hydroxylation is 1. The predicted octanol–water partition coefficient (Wildman–Crippen LogP) is 3.23. The van der Waals surface area contributed by atoms with E-state index < -0.39 is 0 Å². The third-order valence-corrected chi connectivity index (χ3v) is 3.71. The van der Waals surface area contributed by atoms with Gasteiger partial charge in [0.1, 0.15) is 5.82 Å². The SMILES string of the molecule is Cc1cc(N(C)CCc2cccnc2)ncc1Br. The first-order valence-electron chi connectivity index (χ1n) is 5.89. The molecule has 4 heteroatoms. The first-order chi connectivity index (χ1) is 8.66. The molecule has 18 heavy (non-hydrogen) atoms. The van der Waals surface area contributed by atoms with Gasteiger partial charge in [-0.3, -0.25) is 4.98 Å². The van der Waals surface area contributed by atoms with Crippen LogP contribution in [0.25, 0.3) is 0 Å². The minimum atomic E-state index is 0.930. The summed E-state index contributed by atoms with van der Waals surface area (Å²) in [4.78, 5) is 10.7. The molecule has 2 heterocycles. The van der Waals surface area contributed by atoms with Crippen molar-refractivity contribution in [3.8, 4) is 0 Å². The molecule has 0 aliphatic carbocycles. The Morgan fingerprint density at radius 1 is 1.33 bits per heavy atom. The minimum Gasteiger partial charge on any atom is -0.359 e. The fraction of sp³-hybridized carbons (Fsp3) is 0.286. The van der Waals surface area contributed by atoms with Crippen molar-refractivity contribution in [1.82, 2.24) is 9.97 Å². The summed E-state index contributed by atoms with van der Waals surface area (Å²) in [5.74, 6) is 1.000. The van der Waals surface area contributed by atoms with Gasteiger partial charge in [-0.25, -0.2) is 4.98 Å². The molecule has 2 aromatic rings. The largest absolute Gasteiger partial charge is 0.359 e. The van der Waals surface area contributed by atoms with Crippen molar-refractivity contribution in [2.45, 2.75) is 13.3 Å². The number of likely N-dealkylation sites (N-methyl/N-ethyl adjacent to an activating group) is 1. The summed E-state index contributed by atoms with van der Waals surface area (Å²) >= 11 is 3.46. The number of rotatable bonds is 4. The summed E-state index contributed by atoms with van der Waals surface area (Å²) in [6.45, 7) is 3.00. The lowest BCUT2D eigenvalue weighted by atomic mass is 10.2. The van der Waals surface area contributed by atoms with Gasteiger partial charge in [0.15, 0.2) is 0 Å². The van der Waals surface area contributed by atoms with Crippen LogP contribution in [0, 0.1) is 6.92 Å². The average molecular weight is 306 g/mol. The molecule has 0 saturated heterocycles. The lowest BCUT2D eigenvalue weighted by Crippen LogP contribution is -2.21. The number of hydrogen-bond acceptors (Lipinski definition) is 3. The van der Waals surface area contributed by atoms with Crippen LogP contribution in [0.4, 0.5) is 5.82 Å². The van der Waals surface area contributed by atoms with E-state index in [0.29, 0.717) is 0 Å². The lowest BCUT2D eigenvalue weighted by molar-refractivity contribution is 0.854. The zero-order valence-electron chi connectivity index (χ0n) is 10.6. The van der Waals surface area contributed by atoms with Gasteiger partial charge in [0.2, 0.25) is 0 Å². The van der Waals surface area contributed by atoms with Crippen molar-refractivity contribution < 1.29 is 0 Å². The van der Waals surface area contributed by atoms with Crippen molar-refractivity contribution in [3.05, 3.63) is 52.4 Å². The molecule has 0 saturated carbocycles. The van der Waals surface area contributed by atoms with Crippen LogP contribution in [0.3, 0.4) is 0 Å². The molecular weight excluding hydrogens is 290 g/mol. The summed E-state index contributed by atoms with van der Waals surface area (Å²) in [5.41, 5.74) is 2.45. The van der Waals surface area contributed by atoms with Gasteiger partial charge >= 0.3 is 0 Å². The highest BCUT2D eigenvalue weighted by Crippen LogP contribution is 2.19. The molecule has 0 spiro atoms. The van der Waals surface area contributed by atoms with E-state index in [-0.39, 0.29) is 0 Å². The van der Waals surface area contributed by atoms with E-state index in [1.165, 1.54) is 11.1 Å². The Labute approximate surface area is 116 Å². The fourth-order valence-corrected chi connectivity index (χ4v) is 1.91. The summed E-state index contributed by atoms with van der Waals surface area (Å²) in [5, 5.41) is 0. The maximum absolute atomic E-state index is 4.41. The smallest absolute Gasteiger partial charge is 0.128 e. The van der Waals surface area contributed by atoms with Crippen molar-refractivity contribution in [2.75, 3.05) is 18.5 Å². The molecule has 0 N–H and O–H groups in total. The first kappa shape index (κ1) is 13.0. The van der Waals surface area contributed by atoms with Gasteiger partial charge in [0.25, 0.3) is 0 Å².